The first-order valence-electron chi connectivity index (χ1n) is 11.8. The largest absolute Gasteiger partial charge is 0.349 e. The van der Waals surface area contributed by atoms with Gasteiger partial charge in [-0.25, -0.2) is 4.68 Å². The number of carbonyl (C=O) groups excluding carboxylic acids is 1. The fraction of sp³-hybridized carbons (Fsp3) is 0.214. The average Bonchev–Trinajstić information content (AvgIpc) is 3.51. The molecule has 7 heteroatoms. The number of carbonyl (C=O) groups is 1. The van der Waals surface area contributed by atoms with Crippen LogP contribution in [0.4, 0.5) is 0 Å². The molecule has 1 saturated heterocycles. The maximum Gasteiger partial charge on any atom is 0.272 e. The fourth-order valence-electron chi connectivity index (χ4n) is 4.36. The molecule has 0 N–H and O–H groups in total. The normalized spacial score (nSPS) is 14.6. The molecule has 35 heavy (non-hydrogen) atoms. The Morgan fingerprint density at radius 1 is 0.971 bits per heavy atom. The number of benzene rings is 2. The molecule has 1 fully saturated rings. The van der Waals surface area contributed by atoms with Gasteiger partial charge in [0.25, 0.3) is 5.91 Å². The molecular weight excluding hydrogens is 458 g/mol. The molecule has 0 radical (unpaired) electrons. The van der Waals surface area contributed by atoms with E-state index in [0.29, 0.717) is 23.8 Å². The molecule has 1 aliphatic heterocycles. The Bertz CT molecular complexity index is 1320. The van der Waals surface area contributed by atoms with E-state index in [9.17, 15) is 4.79 Å². The number of aryl methyl sites for hydroxylation is 1. The van der Waals surface area contributed by atoms with Gasteiger partial charge in [-0.3, -0.25) is 9.69 Å². The first-order valence-corrected chi connectivity index (χ1v) is 12.2. The number of amides is 1. The summed E-state index contributed by atoms with van der Waals surface area (Å²) < 4.78 is 3.74. The van der Waals surface area contributed by atoms with Crippen LogP contribution in [0, 0.1) is 0 Å². The van der Waals surface area contributed by atoms with E-state index in [0.717, 1.165) is 36.7 Å². The van der Waals surface area contributed by atoms with Gasteiger partial charge in [0.1, 0.15) is 11.4 Å². The first kappa shape index (κ1) is 23.1. The van der Waals surface area contributed by atoms with Crippen molar-refractivity contribution in [1.82, 2.24) is 24.1 Å². The second-order valence-corrected chi connectivity index (χ2v) is 9.15. The van der Waals surface area contributed by atoms with E-state index in [1.165, 1.54) is 5.56 Å². The average molecular weight is 486 g/mol. The number of hydrogen-bond acceptors (Lipinski definition) is 3. The molecule has 2 aromatic heterocycles. The number of rotatable bonds is 6. The quantitative estimate of drug-likeness (QED) is 0.386. The molecule has 0 spiro atoms. The zero-order valence-corrected chi connectivity index (χ0v) is 20.5. The summed E-state index contributed by atoms with van der Waals surface area (Å²) in [6.45, 7) is 3.92. The van der Waals surface area contributed by atoms with Crippen molar-refractivity contribution in [2.45, 2.75) is 0 Å². The Morgan fingerprint density at radius 2 is 1.71 bits per heavy atom. The Morgan fingerprint density at radius 3 is 2.40 bits per heavy atom. The highest BCUT2D eigenvalue weighted by molar-refractivity contribution is 6.30. The van der Waals surface area contributed by atoms with Crippen LogP contribution in [0.1, 0.15) is 16.1 Å². The molecule has 0 atom stereocenters. The van der Waals surface area contributed by atoms with Crippen LogP contribution in [0.5, 0.6) is 0 Å². The van der Waals surface area contributed by atoms with Gasteiger partial charge in [0.2, 0.25) is 0 Å². The van der Waals surface area contributed by atoms with Crippen LogP contribution in [0.25, 0.3) is 23.2 Å². The highest BCUT2D eigenvalue weighted by atomic mass is 35.5. The molecule has 0 bridgehead atoms. The lowest BCUT2D eigenvalue weighted by Crippen LogP contribution is -2.49. The lowest BCUT2D eigenvalue weighted by molar-refractivity contribution is 0.0641. The maximum absolute atomic E-state index is 13.6. The Kier molecular flexibility index (Phi) is 6.84. The SMILES string of the molecule is Cn1cccc1-c1cc(C(=O)N2CCN(C/C=C/c3ccccc3)CC2)n(-c2ccc(Cl)cc2)n1. The van der Waals surface area contributed by atoms with Crippen LogP contribution in [-0.4, -0.2) is 62.8 Å². The molecule has 5 rings (SSSR count). The number of piperazine rings is 1. The molecule has 6 nitrogen and oxygen atoms in total. The van der Waals surface area contributed by atoms with Crippen molar-refractivity contribution < 1.29 is 4.79 Å². The molecule has 0 unspecified atom stereocenters. The minimum Gasteiger partial charge on any atom is -0.349 e. The zero-order chi connectivity index (χ0) is 24.2. The predicted molar refractivity (Wildman–Crippen MR) is 141 cm³/mol. The van der Waals surface area contributed by atoms with Crippen molar-refractivity contribution in [1.29, 1.82) is 0 Å². The van der Waals surface area contributed by atoms with Crippen molar-refractivity contribution in [3.63, 3.8) is 0 Å². The summed E-state index contributed by atoms with van der Waals surface area (Å²) in [6, 6.07) is 23.6. The molecule has 4 aromatic rings. The summed E-state index contributed by atoms with van der Waals surface area (Å²) in [7, 11) is 1.98. The summed E-state index contributed by atoms with van der Waals surface area (Å²) in [4.78, 5) is 17.9. The van der Waals surface area contributed by atoms with E-state index < -0.39 is 0 Å². The molecule has 178 valence electrons. The second kappa shape index (κ2) is 10.3. The first-order chi connectivity index (χ1) is 17.1. The zero-order valence-electron chi connectivity index (χ0n) is 19.7. The molecule has 0 saturated carbocycles. The van der Waals surface area contributed by atoms with Gasteiger partial charge in [0.15, 0.2) is 0 Å². The van der Waals surface area contributed by atoms with Crippen LogP contribution in [0.15, 0.2) is 85.1 Å². The number of hydrogen-bond donors (Lipinski definition) is 0. The molecule has 1 aliphatic rings. The van der Waals surface area contributed by atoms with Gasteiger partial charge in [-0.2, -0.15) is 5.10 Å². The molecule has 2 aromatic carbocycles. The third kappa shape index (κ3) is 5.24. The maximum atomic E-state index is 13.6. The van der Waals surface area contributed by atoms with Crippen LogP contribution >= 0.6 is 11.6 Å². The van der Waals surface area contributed by atoms with Crippen LogP contribution in [0.2, 0.25) is 5.02 Å². The van der Waals surface area contributed by atoms with Gasteiger partial charge in [-0.15, -0.1) is 0 Å². The minimum absolute atomic E-state index is 0.00705. The van der Waals surface area contributed by atoms with Crippen molar-refractivity contribution in [2.75, 3.05) is 32.7 Å². The van der Waals surface area contributed by atoms with Gasteiger partial charge in [-0.05, 0) is 48.0 Å². The summed E-state index contributed by atoms with van der Waals surface area (Å²) in [6.07, 6.45) is 6.31. The van der Waals surface area contributed by atoms with Gasteiger partial charge in [0.05, 0.1) is 11.4 Å². The van der Waals surface area contributed by atoms with Crippen molar-refractivity contribution >= 4 is 23.6 Å². The number of aromatic nitrogens is 3. The minimum atomic E-state index is -0.00705. The van der Waals surface area contributed by atoms with E-state index in [4.69, 9.17) is 16.7 Å². The third-order valence-corrected chi connectivity index (χ3v) is 6.59. The Balaban J connectivity index is 1.31. The molecule has 1 amide bonds. The van der Waals surface area contributed by atoms with Gasteiger partial charge in [0, 0.05) is 51.0 Å². The fourth-order valence-corrected chi connectivity index (χ4v) is 4.49. The summed E-state index contributed by atoms with van der Waals surface area (Å²) in [5.74, 6) is -0.00705. The molecule has 3 heterocycles. The second-order valence-electron chi connectivity index (χ2n) is 8.71. The van der Waals surface area contributed by atoms with Crippen LogP contribution < -0.4 is 0 Å². The van der Waals surface area contributed by atoms with Crippen LogP contribution in [-0.2, 0) is 7.05 Å². The van der Waals surface area contributed by atoms with E-state index in [-0.39, 0.29) is 5.91 Å². The summed E-state index contributed by atoms with van der Waals surface area (Å²) >= 11 is 6.10. The lowest BCUT2D eigenvalue weighted by atomic mass is 10.2. The molecule has 0 aliphatic carbocycles. The van der Waals surface area contributed by atoms with Crippen LogP contribution in [0.3, 0.4) is 0 Å². The predicted octanol–water partition coefficient (Wildman–Crippen LogP) is 5.00. The van der Waals surface area contributed by atoms with Crippen molar-refractivity contribution in [2.24, 2.45) is 7.05 Å². The van der Waals surface area contributed by atoms with Crippen molar-refractivity contribution in [3.05, 3.63) is 101 Å². The highest BCUT2D eigenvalue weighted by Gasteiger charge is 2.26. The van der Waals surface area contributed by atoms with Gasteiger partial charge in [-0.1, -0.05) is 54.1 Å². The van der Waals surface area contributed by atoms with E-state index in [2.05, 4.69) is 29.2 Å². The third-order valence-electron chi connectivity index (χ3n) is 6.34. The van der Waals surface area contributed by atoms with E-state index in [1.54, 1.807) is 4.68 Å². The summed E-state index contributed by atoms with van der Waals surface area (Å²) in [5, 5.41) is 5.45. The summed E-state index contributed by atoms with van der Waals surface area (Å²) in [5.41, 5.74) is 4.29. The van der Waals surface area contributed by atoms with Gasteiger partial charge >= 0.3 is 0 Å². The standard InChI is InChI=1S/C28H28ClN5O/c1-31-15-6-10-26(31)25-21-27(34(30-25)24-13-11-23(29)12-14-24)28(35)33-19-17-32(18-20-33)16-5-9-22-7-3-2-4-8-22/h2-15,21H,16-20H2,1H3/b9-5+. The topological polar surface area (TPSA) is 46.3 Å². The monoisotopic (exact) mass is 485 g/mol. The Labute approximate surface area is 210 Å². The smallest absolute Gasteiger partial charge is 0.272 e. The van der Waals surface area contributed by atoms with Crippen molar-refractivity contribution in [3.8, 4) is 17.1 Å². The highest BCUT2D eigenvalue weighted by Crippen LogP contribution is 2.24. The van der Waals surface area contributed by atoms with E-state index in [1.807, 2.05) is 83.4 Å². The lowest BCUT2D eigenvalue weighted by Gasteiger charge is -2.34. The Hall–Kier alpha value is -3.61. The van der Waals surface area contributed by atoms with E-state index >= 15 is 0 Å². The number of nitrogens with zero attached hydrogens (tertiary/aromatic N) is 5. The van der Waals surface area contributed by atoms with Gasteiger partial charge < -0.3 is 9.47 Å². The number of halogens is 1. The molecular formula is C28H28ClN5O.